The van der Waals surface area contributed by atoms with Crippen LogP contribution in [0.25, 0.3) is 11.0 Å². The number of carbonyl (C=O) groups excluding carboxylic acids is 2. The highest BCUT2D eigenvalue weighted by molar-refractivity contribution is 5.99. The Morgan fingerprint density at radius 3 is 2.48 bits per heavy atom. The monoisotopic (exact) mass is 336 g/mol. The van der Waals surface area contributed by atoms with Crippen molar-refractivity contribution in [3.63, 3.8) is 0 Å². The van der Waals surface area contributed by atoms with Gasteiger partial charge in [-0.25, -0.2) is 4.79 Å². The molecule has 126 valence electrons. The van der Waals surface area contributed by atoms with Gasteiger partial charge in [-0.1, -0.05) is 43.3 Å². The number of esters is 1. The minimum atomic E-state index is -0.846. The zero-order chi connectivity index (χ0) is 17.8. The molecular formula is C20H16O5. The summed E-state index contributed by atoms with van der Waals surface area (Å²) in [5.41, 5.74) is 1.54. The van der Waals surface area contributed by atoms with Crippen LogP contribution < -0.4 is 5.43 Å². The minimum Gasteiger partial charge on any atom is -0.451 e. The molecule has 1 heterocycles. The van der Waals surface area contributed by atoms with Crippen LogP contribution in [-0.2, 0) is 11.2 Å². The fourth-order valence-electron chi connectivity index (χ4n) is 2.42. The number of ketones is 1. The topological polar surface area (TPSA) is 73.6 Å². The minimum absolute atomic E-state index is 0.224. The van der Waals surface area contributed by atoms with Crippen molar-refractivity contribution in [2.45, 2.75) is 13.3 Å². The van der Waals surface area contributed by atoms with E-state index in [-0.39, 0.29) is 17.0 Å². The lowest BCUT2D eigenvalue weighted by molar-refractivity contribution is 0.0444. The molecule has 0 fully saturated rings. The third kappa shape index (κ3) is 3.66. The third-order valence-electron chi connectivity index (χ3n) is 3.85. The number of aryl methyl sites for hydroxylation is 1. The molecule has 0 aliphatic heterocycles. The van der Waals surface area contributed by atoms with Gasteiger partial charge in [0, 0.05) is 11.6 Å². The van der Waals surface area contributed by atoms with Gasteiger partial charge in [0.1, 0.15) is 5.58 Å². The molecule has 25 heavy (non-hydrogen) atoms. The van der Waals surface area contributed by atoms with Gasteiger partial charge in [-0.05, 0) is 24.1 Å². The first kappa shape index (κ1) is 16.6. The first-order valence-corrected chi connectivity index (χ1v) is 7.90. The van der Waals surface area contributed by atoms with Crippen molar-refractivity contribution < 1.29 is 18.7 Å². The summed E-state index contributed by atoms with van der Waals surface area (Å²) in [6.45, 7) is 1.61. The lowest BCUT2D eigenvalue weighted by Crippen LogP contribution is -2.16. The number of hydrogen-bond donors (Lipinski definition) is 0. The highest BCUT2D eigenvalue weighted by Crippen LogP contribution is 2.13. The molecule has 0 aliphatic carbocycles. The van der Waals surface area contributed by atoms with E-state index in [1.807, 2.05) is 19.1 Å². The number of rotatable bonds is 5. The maximum Gasteiger partial charge on any atom is 0.374 e. The first-order valence-electron chi connectivity index (χ1n) is 7.90. The van der Waals surface area contributed by atoms with Gasteiger partial charge in [0.2, 0.25) is 5.76 Å². The lowest BCUT2D eigenvalue weighted by Gasteiger charge is -2.05. The van der Waals surface area contributed by atoms with Crippen molar-refractivity contribution in [3.05, 3.63) is 81.7 Å². The molecule has 0 N–H and O–H groups in total. The zero-order valence-electron chi connectivity index (χ0n) is 13.7. The second kappa shape index (κ2) is 7.13. The van der Waals surface area contributed by atoms with Gasteiger partial charge in [-0.2, -0.15) is 0 Å². The largest absolute Gasteiger partial charge is 0.451 e. The van der Waals surface area contributed by atoms with Crippen molar-refractivity contribution in [2.75, 3.05) is 6.61 Å². The maximum absolute atomic E-state index is 12.1. The normalized spacial score (nSPS) is 10.6. The zero-order valence-corrected chi connectivity index (χ0v) is 13.7. The van der Waals surface area contributed by atoms with Crippen LogP contribution in [0.2, 0.25) is 0 Å². The number of fused-ring (bicyclic) bond motifs is 1. The molecule has 3 rings (SSSR count). The van der Waals surface area contributed by atoms with Gasteiger partial charge in [-0.15, -0.1) is 0 Å². The molecule has 0 unspecified atom stereocenters. The van der Waals surface area contributed by atoms with Crippen molar-refractivity contribution >= 4 is 22.7 Å². The summed E-state index contributed by atoms with van der Waals surface area (Å²) in [4.78, 5) is 36.1. The van der Waals surface area contributed by atoms with E-state index in [2.05, 4.69) is 0 Å². The Morgan fingerprint density at radius 2 is 1.76 bits per heavy atom. The number of Topliss-reactive ketones (excluding diaryl/α,β-unsaturated/α-hetero) is 1. The van der Waals surface area contributed by atoms with Gasteiger partial charge in [-0.3, -0.25) is 9.59 Å². The fraction of sp³-hybridized carbons (Fsp3) is 0.150. The Hall–Kier alpha value is -3.21. The summed E-state index contributed by atoms with van der Waals surface area (Å²) in [5, 5.41) is 0.381. The number of ether oxygens (including phenoxy) is 1. The van der Waals surface area contributed by atoms with Crippen molar-refractivity contribution in [3.8, 4) is 0 Å². The molecule has 2 aromatic carbocycles. The molecule has 5 nitrogen and oxygen atoms in total. The number of hydrogen-bond acceptors (Lipinski definition) is 5. The molecule has 0 aliphatic rings. The van der Waals surface area contributed by atoms with E-state index in [9.17, 15) is 14.4 Å². The summed E-state index contributed by atoms with van der Waals surface area (Å²) in [7, 11) is 0. The van der Waals surface area contributed by atoms with Gasteiger partial charge in [0.25, 0.3) is 0 Å². The van der Waals surface area contributed by atoms with Gasteiger partial charge >= 0.3 is 5.97 Å². The average Bonchev–Trinajstić information content (AvgIpc) is 2.65. The summed E-state index contributed by atoms with van der Waals surface area (Å²) >= 11 is 0. The molecule has 3 aromatic rings. The van der Waals surface area contributed by atoms with E-state index >= 15 is 0 Å². The van der Waals surface area contributed by atoms with Crippen LogP contribution in [0.4, 0.5) is 0 Å². The predicted octanol–water partition coefficient (Wildman–Crippen LogP) is 3.40. The van der Waals surface area contributed by atoms with E-state index < -0.39 is 12.6 Å². The Morgan fingerprint density at radius 1 is 1.04 bits per heavy atom. The molecule has 0 saturated heterocycles. The van der Waals surface area contributed by atoms with E-state index in [0.29, 0.717) is 16.5 Å². The molecule has 0 amide bonds. The van der Waals surface area contributed by atoms with Gasteiger partial charge in [0.15, 0.2) is 17.8 Å². The second-order valence-electron chi connectivity index (χ2n) is 5.52. The first-order chi connectivity index (χ1) is 12.1. The lowest BCUT2D eigenvalue weighted by atomic mass is 10.1. The van der Waals surface area contributed by atoms with Gasteiger partial charge in [0.05, 0.1) is 5.39 Å². The Kier molecular flexibility index (Phi) is 4.75. The highest BCUT2D eigenvalue weighted by Gasteiger charge is 2.16. The molecule has 1 aromatic heterocycles. The fourth-order valence-corrected chi connectivity index (χ4v) is 2.42. The molecule has 5 heteroatoms. The highest BCUT2D eigenvalue weighted by atomic mass is 16.5. The van der Waals surface area contributed by atoms with Crippen molar-refractivity contribution in [1.29, 1.82) is 0 Å². The summed E-state index contributed by atoms with van der Waals surface area (Å²) < 4.78 is 10.4. The van der Waals surface area contributed by atoms with Crippen LogP contribution in [0.15, 0.2) is 63.8 Å². The molecule has 0 atom stereocenters. The Labute approximate surface area is 143 Å². The molecular weight excluding hydrogens is 320 g/mol. The van der Waals surface area contributed by atoms with Crippen molar-refractivity contribution in [2.24, 2.45) is 0 Å². The van der Waals surface area contributed by atoms with Crippen LogP contribution in [-0.4, -0.2) is 18.4 Å². The quantitative estimate of drug-likeness (QED) is 0.527. The van der Waals surface area contributed by atoms with Crippen LogP contribution in [0.1, 0.15) is 33.4 Å². The summed E-state index contributed by atoms with van der Waals surface area (Å²) in [6, 6.07) is 14.8. The van der Waals surface area contributed by atoms with Gasteiger partial charge < -0.3 is 9.15 Å². The Balaban J connectivity index is 1.71. The van der Waals surface area contributed by atoms with E-state index in [0.717, 1.165) is 18.1 Å². The predicted molar refractivity (Wildman–Crippen MR) is 92.9 cm³/mol. The number of para-hydroxylation sites is 1. The molecule has 0 radical (unpaired) electrons. The number of carbonyl (C=O) groups is 2. The van der Waals surface area contributed by atoms with E-state index in [4.69, 9.17) is 9.15 Å². The molecule has 0 spiro atoms. The number of benzene rings is 2. The van der Waals surface area contributed by atoms with Crippen LogP contribution >= 0.6 is 0 Å². The standard InChI is InChI=1S/C20H16O5/c1-2-13-7-9-14(10-8-13)17(22)12-24-20(23)19-11-16(21)15-5-3-4-6-18(15)25-19/h3-11H,2,12H2,1H3. The SMILES string of the molecule is CCc1ccc(C(=O)COC(=O)c2cc(=O)c3ccccc3o2)cc1. The average molecular weight is 336 g/mol. The maximum atomic E-state index is 12.1. The summed E-state index contributed by atoms with van der Waals surface area (Å²) in [5.74, 6) is -1.39. The second-order valence-corrected chi connectivity index (χ2v) is 5.52. The van der Waals surface area contributed by atoms with Crippen LogP contribution in [0.3, 0.4) is 0 Å². The smallest absolute Gasteiger partial charge is 0.374 e. The van der Waals surface area contributed by atoms with E-state index in [1.54, 1.807) is 36.4 Å². The third-order valence-corrected chi connectivity index (χ3v) is 3.85. The Bertz CT molecular complexity index is 983. The van der Waals surface area contributed by atoms with Crippen LogP contribution in [0.5, 0.6) is 0 Å². The molecule has 0 saturated carbocycles. The van der Waals surface area contributed by atoms with Crippen LogP contribution in [0, 0.1) is 0 Å². The van der Waals surface area contributed by atoms with Crippen molar-refractivity contribution in [1.82, 2.24) is 0 Å². The summed E-state index contributed by atoms with van der Waals surface area (Å²) in [6.07, 6.45) is 0.879. The van der Waals surface area contributed by atoms with E-state index in [1.165, 1.54) is 0 Å². The molecule has 0 bridgehead atoms.